The molecule has 3 rings (SSSR count). The van der Waals surface area contributed by atoms with Crippen molar-refractivity contribution in [2.75, 3.05) is 33.2 Å². The van der Waals surface area contributed by atoms with Gasteiger partial charge in [0, 0.05) is 38.3 Å². The van der Waals surface area contributed by atoms with Gasteiger partial charge in [-0.2, -0.15) is 4.31 Å². The summed E-state index contributed by atoms with van der Waals surface area (Å²) in [6.07, 6.45) is 2.61. The smallest absolute Gasteiger partial charge is 0.407 e. The van der Waals surface area contributed by atoms with Gasteiger partial charge in [-0.1, -0.05) is 6.07 Å². The van der Waals surface area contributed by atoms with Crippen LogP contribution < -0.4 is 10.1 Å². The van der Waals surface area contributed by atoms with Gasteiger partial charge in [-0.05, 0) is 65.6 Å². The quantitative estimate of drug-likeness (QED) is 0.738. The van der Waals surface area contributed by atoms with Gasteiger partial charge in [0.05, 0.1) is 4.90 Å². The van der Waals surface area contributed by atoms with Crippen molar-refractivity contribution in [3.05, 3.63) is 24.3 Å². The average Bonchev–Trinajstić information content (AvgIpc) is 2.69. The molecule has 31 heavy (non-hydrogen) atoms. The van der Waals surface area contributed by atoms with Gasteiger partial charge in [0.25, 0.3) is 0 Å². The third-order valence-corrected chi connectivity index (χ3v) is 7.48. The van der Waals surface area contributed by atoms with Crippen LogP contribution in [-0.2, 0) is 14.8 Å². The van der Waals surface area contributed by atoms with Crippen LogP contribution in [0.25, 0.3) is 0 Å². The maximum absolute atomic E-state index is 13.1. The van der Waals surface area contributed by atoms with Crippen LogP contribution in [0.1, 0.15) is 46.5 Å². The zero-order valence-corrected chi connectivity index (χ0v) is 19.8. The molecule has 174 valence electrons. The first kappa shape index (κ1) is 23.8. The molecule has 2 aliphatic heterocycles. The fourth-order valence-corrected chi connectivity index (χ4v) is 5.37. The number of carbonyl (C=O) groups is 1. The molecule has 2 heterocycles. The normalized spacial score (nSPS) is 20.4. The molecule has 0 bridgehead atoms. The van der Waals surface area contributed by atoms with Crippen LogP contribution in [0.2, 0.25) is 0 Å². The van der Waals surface area contributed by atoms with Crippen molar-refractivity contribution >= 4 is 16.1 Å². The number of nitrogens with one attached hydrogen (secondary N) is 1. The van der Waals surface area contributed by atoms with Crippen molar-refractivity contribution in [1.82, 2.24) is 14.5 Å². The highest BCUT2D eigenvalue weighted by Gasteiger charge is 2.31. The molecule has 8 nitrogen and oxygen atoms in total. The average molecular weight is 454 g/mol. The van der Waals surface area contributed by atoms with E-state index in [0.29, 0.717) is 31.7 Å². The van der Waals surface area contributed by atoms with Crippen molar-refractivity contribution in [3.8, 4) is 5.75 Å². The Kier molecular flexibility index (Phi) is 7.49. The monoisotopic (exact) mass is 453 g/mol. The zero-order chi connectivity index (χ0) is 22.6. The Labute approximate surface area is 185 Å². The number of hydrogen-bond donors (Lipinski definition) is 1. The van der Waals surface area contributed by atoms with Gasteiger partial charge < -0.3 is 19.7 Å². The third kappa shape index (κ3) is 6.82. The molecule has 1 amide bonds. The Morgan fingerprint density at radius 3 is 2.32 bits per heavy atom. The molecule has 0 unspecified atom stereocenters. The van der Waals surface area contributed by atoms with E-state index in [1.54, 1.807) is 18.2 Å². The number of amides is 1. The number of nitrogens with zero attached hydrogens (tertiary/aromatic N) is 2. The van der Waals surface area contributed by atoms with E-state index < -0.39 is 21.7 Å². The number of alkyl carbamates (subject to hydrolysis) is 1. The second-order valence-electron chi connectivity index (χ2n) is 9.42. The summed E-state index contributed by atoms with van der Waals surface area (Å²) in [6.45, 7) is 8.10. The summed E-state index contributed by atoms with van der Waals surface area (Å²) in [5.74, 6) is 0.595. The van der Waals surface area contributed by atoms with Crippen LogP contribution in [0.15, 0.2) is 29.2 Å². The summed E-state index contributed by atoms with van der Waals surface area (Å²) < 4.78 is 39.1. The fourth-order valence-electron chi connectivity index (χ4n) is 3.87. The van der Waals surface area contributed by atoms with Crippen LogP contribution in [0.3, 0.4) is 0 Å². The minimum absolute atomic E-state index is 0.0969. The SMILES string of the molecule is CN1CCC(Oc2cccc(S(=O)(=O)N3CCC(NC(=O)OC(C)(C)C)CC3)c2)CC1. The lowest BCUT2D eigenvalue weighted by molar-refractivity contribution is 0.0489. The van der Waals surface area contributed by atoms with E-state index >= 15 is 0 Å². The van der Waals surface area contributed by atoms with E-state index in [2.05, 4.69) is 17.3 Å². The number of rotatable bonds is 5. The first-order valence-corrected chi connectivity index (χ1v) is 12.4. The number of likely N-dealkylation sites (tertiary alicyclic amines) is 1. The molecular weight excluding hydrogens is 418 g/mol. The van der Waals surface area contributed by atoms with Crippen LogP contribution in [0, 0.1) is 0 Å². The Morgan fingerprint density at radius 1 is 1.06 bits per heavy atom. The molecule has 1 N–H and O–H groups in total. The molecule has 2 aliphatic rings. The van der Waals surface area contributed by atoms with Crippen LogP contribution >= 0.6 is 0 Å². The van der Waals surface area contributed by atoms with E-state index in [0.717, 1.165) is 25.9 Å². The molecule has 0 atom stereocenters. The Bertz CT molecular complexity index is 852. The number of benzene rings is 1. The number of sulfonamides is 1. The fraction of sp³-hybridized carbons (Fsp3) is 0.682. The molecule has 0 radical (unpaired) electrons. The van der Waals surface area contributed by atoms with Crippen molar-refractivity contribution in [2.24, 2.45) is 0 Å². The molecule has 0 aliphatic carbocycles. The second kappa shape index (κ2) is 9.75. The second-order valence-corrected chi connectivity index (χ2v) is 11.4. The molecule has 9 heteroatoms. The summed E-state index contributed by atoms with van der Waals surface area (Å²) in [4.78, 5) is 14.5. The van der Waals surface area contributed by atoms with Crippen molar-refractivity contribution in [2.45, 2.75) is 69.1 Å². The number of ether oxygens (including phenoxy) is 2. The first-order chi connectivity index (χ1) is 14.5. The van der Waals surface area contributed by atoms with Gasteiger partial charge in [-0.15, -0.1) is 0 Å². The molecule has 2 fully saturated rings. The van der Waals surface area contributed by atoms with Gasteiger partial charge in [-0.25, -0.2) is 13.2 Å². The maximum Gasteiger partial charge on any atom is 0.407 e. The lowest BCUT2D eigenvalue weighted by atomic mass is 10.1. The van der Waals surface area contributed by atoms with E-state index in [4.69, 9.17) is 9.47 Å². The van der Waals surface area contributed by atoms with Gasteiger partial charge >= 0.3 is 6.09 Å². The summed E-state index contributed by atoms with van der Waals surface area (Å²) in [5, 5.41) is 2.84. The van der Waals surface area contributed by atoms with Crippen LogP contribution in [0.5, 0.6) is 5.75 Å². The van der Waals surface area contributed by atoms with Gasteiger partial charge in [-0.3, -0.25) is 0 Å². The first-order valence-electron chi connectivity index (χ1n) is 11.0. The third-order valence-electron chi connectivity index (χ3n) is 5.59. The molecular formula is C22H35N3O5S. The van der Waals surface area contributed by atoms with Gasteiger partial charge in [0.2, 0.25) is 10.0 Å². The summed E-state index contributed by atoms with van der Waals surface area (Å²) in [6, 6.07) is 6.68. The van der Waals surface area contributed by atoms with Gasteiger partial charge in [0.1, 0.15) is 17.5 Å². The Balaban J connectivity index is 1.57. The number of piperidine rings is 2. The largest absolute Gasteiger partial charge is 0.490 e. The minimum atomic E-state index is -3.61. The Morgan fingerprint density at radius 2 is 1.71 bits per heavy atom. The van der Waals surface area contributed by atoms with Crippen molar-refractivity contribution < 1.29 is 22.7 Å². The van der Waals surface area contributed by atoms with E-state index in [9.17, 15) is 13.2 Å². The lowest BCUT2D eigenvalue weighted by Gasteiger charge is -2.32. The zero-order valence-electron chi connectivity index (χ0n) is 19.0. The molecule has 0 spiro atoms. The highest BCUT2D eigenvalue weighted by atomic mass is 32.2. The molecule has 0 saturated carbocycles. The van der Waals surface area contributed by atoms with E-state index in [-0.39, 0.29) is 17.0 Å². The Hall–Kier alpha value is -1.84. The molecule has 2 saturated heterocycles. The van der Waals surface area contributed by atoms with E-state index in [1.807, 2.05) is 26.8 Å². The standard InChI is InChI=1S/C22H35N3O5S/c1-22(2,3)30-21(26)23-17-8-14-25(15-9-17)31(27,28)20-7-5-6-19(16-20)29-18-10-12-24(4)13-11-18/h5-7,16-18H,8-15H2,1-4H3,(H,23,26). The van der Waals surface area contributed by atoms with Crippen molar-refractivity contribution in [3.63, 3.8) is 0 Å². The summed E-state index contributed by atoms with van der Waals surface area (Å²) in [7, 11) is -1.52. The number of carbonyl (C=O) groups excluding carboxylic acids is 1. The lowest BCUT2D eigenvalue weighted by Crippen LogP contribution is -2.47. The summed E-state index contributed by atoms with van der Waals surface area (Å²) in [5.41, 5.74) is -0.561. The highest BCUT2D eigenvalue weighted by molar-refractivity contribution is 7.89. The highest BCUT2D eigenvalue weighted by Crippen LogP contribution is 2.26. The van der Waals surface area contributed by atoms with Crippen LogP contribution in [-0.4, -0.2) is 74.7 Å². The minimum Gasteiger partial charge on any atom is -0.490 e. The van der Waals surface area contributed by atoms with E-state index in [1.165, 1.54) is 4.31 Å². The van der Waals surface area contributed by atoms with Crippen LogP contribution in [0.4, 0.5) is 4.79 Å². The molecule has 0 aromatic heterocycles. The van der Waals surface area contributed by atoms with Crippen molar-refractivity contribution in [1.29, 1.82) is 0 Å². The van der Waals surface area contributed by atoms with Gasteiger partial charge in [0.15, 0.2) is 0 Å². The molecule has 1 aromatic carbocycles. The molecule has 1 aromatic rings. The summed E-state index contributed by atoms with van der Waals surface area (Å²) >= 11 is 0. The predicted octanol–water partition coefficient (Wildman–Crippen LogP) is 2.84. The number of hydrogen-bond acceptors (Lipinski definition) is 6. The predicted molar refractivity (Wildman–Crippen MR) is 119 cm³/mol. The topological polar surface area (TPSA) is 88.2 Å². The maximum atomic E-state index is 13.1.